The summed E-state index contributed by atoms with van der Waals surface area (Å²) in [5.41, 5.74) is 1.28. The van der Waals surface area contributed by atoms with Crippen molar-refractivity contribution in [3.63, 3.8) is 0 Å². The molecule has 16 heavy (non-hydrogen) atoms. The van der Waals surface area contributed by atoms with Crippen molar-refractivity contribution in [3.05, 3.63) is 39.5 Å². The van der Waals surface area contributed by atoms with Gasteiger partial charge >= 0.3 is 5.97 Å². The average molecular weight is 301 g/mol. The van der Waals surface area contributed by atoms with E-state index in [4.69, 9.17) is 16.7 Å². The van der Waals surface area contributed by atoms with Gasteiger partial charge in [0.25, 0.3) is 0 Å². The molecule has 0 saturated carbocycles. The molecule has 0 aliphatic heterocycles. The lowest BCUT2D eigenvalue weighted by atomic mass is 10.1. The number of pyridine rings is 1. The summed E-state index contributed by atoms with van der Waals surface area (Å²) < 4.78 is 0.922. The van der Waals surface area contributed by atoms with E-state index in [9.17, 15) is 4.79 Å². The first kappa shape index (κ1) is 11.4. The standard InChI is InChI=1S/C11H7BrClNO2/c12-8-1-2-9-6(4-8)3-7(5-10(15)16)11(13)14-9/h1-4H,5H2,(H,15,16). The van der Waals surface area contributed by atoms with Gasteiger partial charge in [-0.2, -0.15) is 0 Å². The zero-order valence-corrected chi connectivity index (χ0v) is 10.4. The molecule has 1 aromatic carbocycles. The number of carboxylic acid groups (broad SMARTS) is 1. The second-order valence-corrected chi connectivity index (χ2v) is 4.62. The normalized spacial score (nSPS) is 10.6. The highest BCUT2D eigenvalue weighted by Crippen LogP contribution is 2.23. The molecule has 0 amide bonds. The molecule has 0 fully saturated rings. The van der Waals surface area contributed by atoms with Crippen LogP contribution in [0.4, 0.5) is 0 Å². The minimum absolute atomic E-state index is 0.117. The van der Waals surface area contributed by atoms with E-state index in [0.29, 0.717) is 5.56 Å². The Morgan fingerprint density at radius 1 is 1.44 bits per heavy atom. The van der Waals surface area contributed by atoms with Crippen molar-refractivity contribution in [1.82, 2.24) is 4.98 Å². The highest BCUT2D eigenvalue weighted by Gasteiger charge is 2.08. The molecule has 0 spiro atoms. The Morgan fingerprint density at radius 2 is 2.19 bits per heavy atom. The molecule has 5 heteroatoms. The summed E-state index contributed by atoms with van der Waals surface area (Å²) in [6.45, 7) is 0. The highest BCUT2D eigenvalue weighted by molar-refractivity contribution is 9.10. The second kappa shape index (κ2) is 4.39. The van der Waals surface area contributed by atoms with Gasteiger partial charge in [-0.3, -0.25) is 4.79 Å². The van der Waals surface area contributed by atoms with Gasteiger partial charge in [0, 0.05) is 15.4 Å². The molecular weight excluding hydrogens is 293 g/mol. The van der Waals surface area contributed by atoms with Crippen molar-refractivity contribution in [2.45, 2.75) is 6.42 Å². The number of aromatic nitrogens is 1. The van der Waals surface area contributed by atoms with E-state index in [-0.39, 0.29) is 11.6 Å². The Bertz CT molecular complexity index is 571. The lowest BCUT2D eigenvalue weighted by molar-refractivity contribution is -0.136. The molecule has 1 N–H and O–H groups in total. The molecule has 0 atom stereocenters. The number of fused-ring (bicyclic) bond motifs is 1. The molecule has 1 heterocycles. The minimum atomic E-state index is -0.918. The maximum atomic E-state index is 10.6. The monoisotopic (exact) mass is 299 g/mol. The van der Waals surface area contributed by atoms with E-state index < -0.39 is 5.97 Å². The van der Waals surface area contributed by atoms with Gasteiger partial charge < -0.3 is 5.11 Å². The number of carbonyl (C=O) groups is 1. The van der Waals surface area contributed by atoms with Gasteiger partial charge in [-0.25, -0.2) is 4.98 Å². The summed E-state index contributed by atoms with van der Waals surface area (Å²) in [6, 6.07) is 7.33. The fraction of sp³-hybridized carbons (Fsp3) is 0.0909. The summed E-state index contributed by atoms with van der Waals surface area (Å²) >= 11 is 9.25. The molecule has 0 aliphatic carbocycles. The van der Waals surface area contributed by atoms with Crippen LogP contribution in [0.3, 0.4) is 0 Å². The van der Waals surface area contributed by atoms with Crippen molar-refractivity contribution in [2.75, 3.05) is 0 Å². The summed E-state index contributed by atoms with van der Waals surface area (Å²) in [7, 11) is 0. The first-order valence-corrected chi connectivity index (χ1v) is 5.70. The zero-order chi connectivity index (χ0) is 11.7. The van der Waals surface area contributed by atoms with Crippen LogP contribution in [-0.4, -0.2) is 16.1 Å². The summed E-state index contributed by atoms with van der Waals surface area (Å²) in [4.78, 5) is 14.8. The van der Waals surface area contributed by atoms with Crippen LogP contribution in [-0.2, 0) is 11.2 Å². The van der Waals surface area contributed by atoms with Crippen LogP contribution < -0.4 is 0 Å². The van der Waals surface area contributed by atoms with Crippen molar-refractivity contribution in [1.29, 1.82) is 0 Å². The van der Waals surface area contributed by atoms with E-state index in [1.807, 2.05) is 18.2 Å². The molecule has 2 aromatic rings. The smallest absolute Gasteiger partial charge is 0.307 e. The summed E-state index contributed by atoms with van der Waals surface area (Å²) in [6.07, 6.45) is -0.117. The third kappa shape index (κ3) is 2.33. The van der Waals surface area contributed by atoms with E-state index >= 15 is 0 Å². The number of aliphatic carboxylic acids is 1. The van der Waals surface area contributed by atoms with Gasteiger partial charge in [0.15, 0.2) is 0 Å². The van der Waals surface area contributed by atoms with Crippen LogP contribution in [0.2, 0.25) is 5.15 Å². The summed E-state index contributed by atoms with van der Waals surface area (Å²) in [5, 5.41) is 9.84. The van der Waals surface area contributed by atoms with Crippen molar-refractivity contribution in [2.24, 2.45) is 0 Å². The van der Waals surface area contributed by atoms with E-state index in [2.05, 4.69) is 20.9 Å². The fourth-order valence-corrected chi connectivity index (χ4v) is 2.05. The molecule has 82 valence electrons. The van der Waals surface area contributed by atoms with Gasteiger partial charge in [0.1, 0.15) is 5.15 Å². The number of halogens is 2. The Labute approximate surface area is 105 Å². The Hall–Kier alpha value is -1.13. The molecule has 1 aromatic heterocycles. The maximum absolute atomic E-state index is 10.6. The van der Waals surface area contributed by atoms with Gasteiger partial charge in [-0.05, 0) is 24.3 Å². The van der Waals surface area contributed by atoms with Crippen LogP contribution in [0.15, 0.2) is 28.7 Å². The van der Waals surface area contributed by atoms with Crippen LogP contribution in [0.25, 0.3) is 10.9 Å². The zero-order valence-electron chi connectivity index (χ0n) is 8.08. The van der Waals surface area contributed by atoms with Gasteiger partial charge in [0.2, 0.25) is 0 Å². The molecule has 0 unspecified atom stereocenters. The predicted molar refractivity (Wildman–Crippen MR) is 65.8 cm³/mol. The number of benzene rings is 1. The molecule has 0 aliphatic rings. The van der Waals surface area contributed by atoms with Gasteiger partial charge in [-0.1, -0.05) is 27.5 Å². The number of nitrogens with zero attached hydrogens (tertiary/aromatic N) is 1. The lowest BCUT2D eigenvalue weighted by Gasteiger charge is -2.04. The van der Waals surface area contributed by atoms with Crippen LogP contribution in [0.1, 0.15) is 5.56 Å². The molecule has 0 radical (unpaired) electrons. The minimum Gasteiger partial charge on any atom is -0.481 e. The predicted octanol–water partition coefficient (Wildman–Crippen LogP) is 3.28. The molecule has 0 bridgehead atoms. The SMILES string of the molecule is O=C(O)Cc1cc2cc(Br)ccc2nc1Cl. The first-order chi connectivity index (χ1) is 7.56. The van der Waals surface area contributed by atoms with Crippen LogP contribution in [0.5, 0.6) is 0 Å². The largest absolute Gasteiger partial charge is 0.481 e. The quantitative estimate of drug-likeness (QED) is 0.866. The number of carboxylic acids is 1. The molecule has 3 nitrogen and oxygen atoms in total. The molecule has 2 rings (SSSR count). The fourth-order valence-electron chi connectivity index (χ4n) is 1.45. The second-order valence-electron chi connectivity index (χ2n) is 3.35. The Morgan fingerprint density at radius 3 is 2.88 bits per heavy atom. The number of rotatable bonds is 2. The van der Waals surface area contributed by atoms with Crippen molar-refractivity contribution < 1.29 is 9.90 Å². The van der Waals surface area contributed by atoms with Crippen LogP contribution in [0, 0.1) is 0 Å². The molecule has 0 saturated heterocycles. The first-order valence-electron chi connectivity index (χ1n) is 4.53. The number of hydrogen-bond acceptors (Lipinski definition) is 2. The summed E-state index contributed by atoms with van der Waals surface area (Å²) in [5.74, 6) is -0.918. The highest BCUT2D eigenvalue weighted by atomic mass is 79.9. The Kier molecular flexibility index (Phi) is 3.12. The van der Waals surface area contributed by atoms with E-state index in [0.717, 1.165) is 15.4 Å². The third-order valence-electron chi connectivity index (χ3n) is 2.14. The van der Waals surface area contributed by atoms with E-state index in [1.165, 1.54) is 0 Å². The molecular formula is C11H7BrClNO2. The average Bonchev–Trinajstić information content (AvgIpc) is 2.19. The van der Waals surface area contributed by atoms with Gasteiger partial charge in [0.05, 0.1) is 11.9 Å². The third-order valence-corrected chi connectivity index (χ3v) is 2.97. The topological polar surface area (TPSA) is 50.2 Å². The van der Waals surface area contributed by atoms with Gasteiger partial charge in [-0.15, -0.1) is 0 Å². The lowest BCUT2D eigenvalue weighted by Crippen LogP contribution is -2.01. The maximum Gasteiger partial charge on any atom is 0.307 e. The van der Waals surface area contributed by atoms with E-state index in [1.54, 1.807) is 6.07 Å². The Balaban J connectivity index is 2.59. The number of hydrogen-bond donors (Lipinski definition) is 1. The van der Waals surface area contributed by atoms with Crippen LogP contribution >= 0.6 is 27.5 Å². The van der Waals surface area contributed by atoms with Crippen molar-refractivity contribution >= 4 is 44.4 Å². The van der Waals surface area contributed by atoms with Crippen molar-refractivity contribution in [3.8, 4) is 0 Å².